The van der Waals surface area contributed by atoms with E-state index in [2.05, 4.69) is 51.9 Å². The van der Waals surface area contributed by atoms with Gasteiger partial charge in [0.1, 0.15) is 0 Å². The molecule has 2 atom stereocenters. The number of nitrogens with zero attached hydrogens (tertiary/aromatic N) is 1. The van der Waals surface area contributed by atoms with Gasteiger partial charge in [-0.1, -0.05) is 71.2 Å². The van der Waals surface area contributed by atoms with Gasteiger partial charge in [0.25, 0.3) is 0 Å². The molecule has 0 heterocycles. The Morgan fingerprint density at radius 2 is 1.59 bits per heavy atom. The number of halogens is 1. The normalized spacial score (nSPS) is 13.7. The van der Waals surface area contributed by atoms with Crippen LogP contribution in [0.25, 0.3) is 0 Å². The van der Waals surface area contributed by atoms with E-state index in [-0.39, 0.29) is 0 Å². The third-order valence-electron chi connectivity index (χ3n) is 4.01. The van der Waals surface area contributed by atoms with Gasteiger partial charge in [0.2, 0.25) is 0 Å². The zero-order chi connectivity index (χ0) is 17.1. The van der Waals surface area contributed by atoms with Gasteiger partial charge in [-0.3, -0.25) is 0 Å². The quantitative estimate of drug-likeness (QED) is 0.519. The van der Waals surface area contributed by atoms with E-state index in [1.54, 1.807) is 0 Å². The molecule has 1 nitrogen and oxygen atoms in total. The third-order valence-corrected chi connectivity index (χ3v) is 4.26. The minimum Gasteiger partial charge on any atom is -0.306 e. The molecule has 0 saturated heterocycles. The van der Waals surface area contributed by atoms with Crippen LogP contribution in [0.1, 0.15) is 71.8 Å². The third kappa shape index (κ3) is 7.65. The van der Waals surface area contributed by atoms with Crippen molar-refractivity contribution in [1.82, 2.24) is 4.90 Å². The van der Waals surface area contributed by atoms with Gasteiger partial charge >= 0.3 is 0 Å². The maximum Gasteiger partial charge on any atom is 0.0406 e. The van der Waals surface area contributed by atoms with Crippen molar-refractivity contribution >= 4 is 11.6 Å². The van der Waals surface area contributed by atoms with Gasteiger partial charge in [-0.25, -0.2) is 0 Å². The predicted octanol–water partition coefficient (Wildman–Crippen LogP) is 6.62. The lowest BCUT2D eigenvalue weighted by molar-refractivity contribution is 0.210. The van der Waals surface area contributed by atoms with Gasteiger partial charge in [0.05, 0.1) is 0 Å². The molecule has 0 spiro atoms. The first kappa shape index (κ1) is 21.5. The summed E-state index contributed by atoms with van der Waals surface area (Å²) in [6.07, 6.45) is 5.04. The van der Waals surface area contributed by atoms with E-state index in [0.29, 0.717) is 12.0 Å². The van der Waals surface area contributed by atoms with Crippen LogP contribution < -0.4 is 0 Å². The Labute approximate surface area is 144 Å². The topological polar surface area (TPSA) is 3.24 Å². The van der Waals surface area contributed by atoms with Crippen LogP contribution in [0.3, 0.4) is 0 Å². The summed E-state index contributed by atoms with van der Waals surface area (Å²) >= 11 is 6.04. The molecule has 1 rings (SSSR count). The lowest BCUT2D eigenvalue weighted by Crippen LogP contribution is -2.35. The van der Waals surface area contributed by atoms with E-state index in [1.807, 2.05) is 26.0 Å². The van der Waals surface area contributed by atoms with Crippen LogP contribution in [-0.4, -0.2) is 25.0 Å². The average Bonchev–Trinajstić information content (AvgIpc) is 2.49. The molecule has 0 radical (unpaired) electrons. The molecule has 0 amide bonds. The molecule has 2 unspecified atom stereocenters. The van der Waals surface area contributed by atoms with E-state index in [0.717, 1.165) is 10.9 Å². The number of hydrogen-bond acceptors (Lipinski definition) is 1. The van der Waals surface area contributed by atoms with E-state index in [9.17, 15) is 0 Å². The molecule has 0 aliphatic carbocycles. The molecular weight excluding hydrogens is 290 g/mol. The van der Waals surface area contributed by atoms with Crippen molar-refractivity contribution in [2.45, 2.75) is 72.3 Å². The molecule has 0 fully saturated rings. The smallest absolute Gasteiger partial charge is 0.0406 e. The Kier molecular flexibility index (Phi) is 11.7. The summed E-state index contributed by atoms with van der Waals surface area (Å²) in [4.78, 5) is 2.40. The first-order chi connectivity index (χ1) is 10.5. The van der Waals surface area contributed by atoms with Crippen LogP contribution in [0.15, 0.2) is 24.3 Å². The van der Waals surface area contributed by atoms with E-state index < -0.39 is 0 Å². The lowest BCUT2D eigenvalue weighted by Gasteiger charge is -2.34. The summed E-state index contributed by atoms with van der Waals surface area (Å²) in [5.74, 6) is 1.32. The summed E-state index contributed by atoms with van der Waals surface area (Å²) in [5, 5.41) is 0.827. The fourth-order valence-corrected chi connectivity index (χ4v) is 3.06. The second kappa shape index (κ2) is 12.0. The van der Waals surface area contributed by atoms with E-state index >= 15 is 0 Å². The summed E-state index contributed by atoms with van der Waals surface area (Å²) in [7, 11) is 4.42. The molecule has 0 aromatic heterocycles. The number of unbranched alkanes of at least 4 members (excludes halogenated alkanes) is 1. The summed E-state index contributed by atoms with van der Waals surface area (Å²) in [6.45, 7) is 10.9. The van der Waals surface area contributed by atoms with Crippen molar-refractivity contribution in [1.29, 1.82) is 0 Å². The highest BCUT2D eigenvalue weighted by Crippen LogP contribution is 2.32. The van der Waals surface area contributed by atoms with Gasteiger partial charge in [-0.15, -0.1) is 0 Å². The second-order valence-electron chi connectivity index (χ2n) is 6.46. The van der Waals surface area contributed by atoms with Gasteiger partial charge in [-0.2, -0.15) is 0 Å². The molecule has 0 aliphatic heterocycles. The van der Waals surface area contributed by atoms with Gasteiger partial charge in [0.15, 0.2) is 0 Å². The van der Waals surface area contributed by atoms with Crippen LogP contribution in [0, 0.1) is 5.92 Å². The Bertz CT molecular complexity index is 370. The van der Waals surface area contributed by atoms with Crippen LogP contribution in [0.2, 0.25) is 5.02 Å². The molecule has 1 aromatic carbocycles. The first-order valence-corrected chi connectivity index (χ1v) is 9.25. The van der Waals surface area contributed by atoms with Crippen LogP contribution in [-0.2, 0) is 0 Å². The van der Waals surface area contributed by atoms with Crippen molar-refractivity contribution < 1.29 is 0 Å². The molecule has 0 saturated carbocycles. The summed E-state index contributed by atoms with van der Waals surface area (Å²) in [6, 6.07) is 9.07. The van der Waals surface area contributed by atoms with Crippen LogP contribution >= 0.6 is 11.6 Å². The standard InChI is InChI=1S/C18H30ClN.C2H6/c1-6-7-8-17(15-9-11-16(19)12-10-15)18(20(4)5)13-14(2)3;1-2/h9-12,14,17-18H,6-8,13H2,1-5H3;1-2H3. The average molecular weight is 326 g/mol. The number of rotatable bonds is 8. The Morgan fingerprint density at radius 1 is 1.05 bits per heavy atom. The Hall–Kier alpha value is -0.530. The molecule has 128 valence electrons. The fourth-order valence-electron chi connectivity index (χ4n) is 2.93. The van der Waals surface area contributed by atoms with Crippen molar-refractivity contribution in [3.8, 4) is 0 Å². The zero-order valence-corrected chi connectivity index (χ0v) is 16.5. The molecule has 0 N–H and O–H groups in total. The van der Waals surface area contributed by atoms with Crippen molar-refractivity contribution in [3.63, 3.8) is 0 Å². The highest BCUT2D eigenvalue weighted by molar-refractivity contribution is 6.30. The maximum atomic E-state index is 6.04. The van der Waals surface area contributed by atoms with Crippen molar-refractivity contribution in [3.05, 3.63) is 34.9 Å². The predicted molar refractivity (Wildman–Crippen MR) is 102 cm³/mol. The molecule has 2 heteroatoms. The monoisotopic (exact) mass is 325 g/mol. The zero-order valence-electron chi connectivity index (χ0n) is 15.7. The number of likely N-dealkylation sites (N-methyl/N-ethyl adjacent to an activating group) is 1. The molecule has 0 bridgehead atoms. The maximum absolute atomic E-state index is 6.04. The second-order valence-corrected chi connectivity index (χ2v) is 6.90. The largest absolute Gasteiger partial charge is 0.306 e. The highest BCUT2D eigenvalue weighted by Gasteiger charge is 2.25. The Morgan fingerprint density at radius 3 is 2.00 bits per heavy atom. The Balaban J connectivity index is 0.00000211. The van der Waals surface area contributed by atoms with Gasteiger partial charge in [0, 0.05) is 11.1 Å². The van der Waals surface area contributed by atoms with E-state index in [1.165, 1.54) is 31.2 Å². The molecular formula is C20H36ClN. The minimum absolute atomic E-state index is 0.600. The lowest BCUT2D eigenvalue weighted by atomic mass is 9.82. The van der Waals surface area contributed by atoms with Crippen LogP contribution in [0.4, 0.5) is 0 Å². The fraction of sp³-hybridized carbons (Fsp3) is 0.700. The minimum atomic E-state index is 0.600. The van der Waals surface area contributed by atoms with Crippen molar-refractivity contribution in [2.24, 2.45) is 5.92 Å². The number of hydrogen-bond donors (Lipinski definition) is 0. The summed E-state index contributed by atoms with van der Waals surface area (Å²) < 4.78 is 0. The van der Waals surface area contributed by atoms with Crippen LogP contribution in [0.5, 0.6) is 0 Å². The van der Waals surface area contributed by atoms with Gasteiger partial charge < -0.3 is 4.90 Å². The molecule has 0 aliphatic rings. The highest BCUT2D eigenvalue weighted by atomic mass is 35.5. The SMILES string of the molecule is CC.CCCCC(c1ccc(Cl)cc1)C(CC(C)C)N(C)C. The molecule has 1 aromatic rings. The number of benzene rings is 1. The van der Waals surface area contributed by atoms with Crippen molar-refractivity contribution in [2.75, 3.05) is 14.1 Å². The molecule has 22 heavy (non-hydrogen) atoms. The van der Waals surface area contributed by atoms with E-state index in [4.69, 9.17) is 11.6 Å². The van der Waals surface area contributed by atoms with Gasteiger partial charge in [-0.05, 0) is 56.5 Å². The first-order valence-electron chi connectivity index (χ1n) is 8.87. The summed E-state index contributed by atoms with van der Waals surface area (Å²) in [5.41, 5.74) is 1.43.